The van der Waals surface area contributed by atoms with Crippen molar-refractivity contribution in [3.8, 4) is 0 Å². The van der Waals surface area contributed by atoms with E-state index in [1.54, 1.807) is 25.7 Å². The predicted molar refractivity (Wildman–Crippen MR) is 243 cm³/mol. The zero-order chi connectivity index (χ0) is 44.0. The molecule has 10 nitrogen and oxygen atoms in total. The Morgan fingerprint density at radius 3 is 2.10 bits per heavy atom. The van der Waals surface area contributed by atoms with Gasteiger partial charge in [0, 0.05) is 32.7 Å². The number of carbonyl (C=O) groups excluding carboxylic acids is 2. The van der Waals surface area contributed by atoms with E-state index >= 15 is 0 Å². The molecular formula is C48H86N2O8P+. The van der Waals surface area contributed by atoms with Gasteiger partial charge in [-0.25, -0.2) is 0 Å². The first-order valence-electron chi connectivity index (χ1n) is 23.2. The fraction of sp³-hybridized carbons (Fsp3) is 0.833. The Morgan fingerprint density at radius 2 is 1.51 bits per heavy atom. The molecule has 0 saturated carbocycles. The number of amides is 1. The highest BCUT2D eigenvalue weighted by molar-refractivity contribution is 7.81. The molecule has 0 aliphatic carbocycles. The zero-order valence-electron chi connectivity index (χ0n) is 39.0. The van der Waals surface area contributed by atoms with Crippen LogP contribution < -0.4 is 5.30 Å². The lowest BCUT2D eigenvalue weighted by molar-refractivity contribution is -0.252. The Balaban J connectivity index is 1.64. The van der Waals surface area contributed by atoms with Crippen molar-refractivity contribution in [3.63, 3.8) is 0 Å². The molecule has 1 aromatic carbocycles. The summed E-state index contributed by atoms with van der Waals surface area (Å²) in [5.74, 6) is -1.28. The van der Waals surface area contributed by atoms with E-state index in [0.717, 1.165) is 32.1 Å². The molecule has 2 aliphatic rings. The first-order valence-corrected chi connectivity index (χ1v) is 26.0. The molecule has 2 fully saturated rings. The number of unbranched alkanes of at least 4 members (excludes halogenated alkanes) is 8. The SMILES string of the molecule is CC[C@H]1OC(=O)[C@H](C)CC[C@@H](O[C@H]2C[C@@H](N(C)C)C[C@@H](C)O2)[C@](C)(O)C[C@@H](C)CN(C(=O)CCCCCCCCCCC[P+](C)(C)c2ccccc2)[C@H](C)[C@@H](O)[C@]1(C)O. The number of aliphatic hydroxyl groups excluding tert-OH is 1. The van der Waals surface area contributed by atoms with Crippen LogP contribution in [0.1, 0.15) is 151 Å². The number of cyclic esters (lactones) is 1. The summed E-state index contributed by atoms with van der Waals surface area (Å²) < 4.78 is 18.8. The molecule has 1 amide bonds. The normalized spacial score (nSPS) is 33.3. The van der Waals surface area contributed by atoms with Gasteiger partial charge in [-0.3, -0.25) is 9.59 Å². The summed E-state index contributed by atoms with van der Waals surface area (Å²) in [6.07, 6.45) is 11.3. The second kappa shape index (κ2) is 24.3. The molecule has 340 valence electrons. The van der Waals surface area contributed by atoms with Gasteiger partial charge in [0.05, 0.1) is 54.6 Å². The second-order valence-electron chi connectivity index (χ2n) is 19.7. The lowest BCUT2D eigenvalue weighted by Gasteiger charge is -2.43. The van der Waals surface area contributed by atoms with Gasteiger partial charge >= 0.3 is 5.97 Å². The predicted octanol–water partition coefficient (Wildman–Crippen LogP) is 8.19. The highest BCUT2D eigenvalue weighted by Crippen LogP contribution is 2.50. The molecule has 2 heterocycles. The van der Waals surface area contributed by atoms with Crippen LogP contribution in [-0.2, 0) is 23.8 Å². The molecule has 3 N–H and O–H groups in total. The monoisotopic (exact) mass is 850 g/mol. The lowest BCUT2D eigenvalue weighted by atomic mass is 9.84. The first-order chi connectivity index (χ1) is 27.7. The summed E-state index contributed by atoms with van der Waals surface area (Å²) in [4.78, 5) is 31.4. The molecule has 2 saturated heterocycles. The summed E-state index contributed by atoms with van der Waals surface area (Å²) in [6.45, 7) is 17.9. The van der Waals surface area contributed by atoms with E-state index in [9.17, 15) is 24.9 Å². The van der Waals surface area contributed by atoms with Crippen LogP contribution in [0.2, 0.25) is 0 Å². The van der Waals surface area contributed by atoms with Crippen LogP contribution in [0, 0.1) is 11.8 Å². The molecule has 0 aromatic heterocycles. The molecule has 0 bridgehead atoms. The first kappa shape index (κ1) is 51.7. The van der Waals surface area contributed by atoms with Crippen LogP contribution in [0.5, 0.6) is 0 Å². The molecule has 11 heteroatoms. The van der Waals surface area contributed by atoms with E-state index in [-0.39, 0.29) is 36.9 Å². The fourth-order valence-corrected chi connectivity index (χ4v) is 11.6. The van der Waals surface area contributed by atoms with E-state index in [1.807, 2.05) is 20.8 Å². The van der Waals surface area contributed by atoms with Gasteiger partial charge in [-0.05, 0) is 111 Å². The minimum atomic E-state index is -1.81. The third-order valence-corrected chi connectivity index (χ3v) is 16.6. The Hall–Kier alpha value is -1.65. The smallest absolute Gasteiger partial charge is 0.309 e. The van der Waals surface area contributed by atoms with Crippen molar-refractivity contribution in [2.24, 2.45) is 11.8 Å². The van der Waals surface area contributed by atoms with Gasteiger partial charge in [0.2, 0.25) is 5.91 Å². The molecule has 0 radical (unpaired) electrons. The molecule has 2 aliphatic heterocycles. The van der Waals surface area contributed by atoms with Crippen LogP contribution in [0.4, 0.5) is 0 Å². The van der Waals surface area contributed by atoms with Crippen molar-refractivity contribution >= 4 is 24.4 Å². The van der Waals surface area contributed by atoms with Gasteiger partial charge in [0.1, 0.15) is 17.8 Å². The summed E-state index contributed by atoms with van der Waals surface area (Å²) in [7, 11) is 3.06. The average Bonchev–Trinajstić information content (AvgIpc) is 3.18. The Kier molecular flexibility index (Phi) is 21.3. The topological polar surface area (TPSA) is 129 Å². The quantitative estimate of drug-likeness (QED) is 0.0808. The highest BCUT2D eigenvalue weighted by Gasteiger charge is 2.47. The van der Waals surface area contributed by atoms with Crippen molar-refractivity contribution in [3.05, 3.63) is 30.3 Å². The minimum Gasteiger partial charge on any atom is -0.459 e. The number of carbonyl (C=O) groups is 2. The maximum Gasteiger partial charge on any atom is 0.309 e. The number of ether oxygens (including phenoxy) is 3. The summed E-state index contributed by atoms with van der Waals surface area (Å²) in [5.41, 5.74) is -3.12. The minimum absolute atomic E-state index is 0.00752. The number of aliphatic hydroxyl groups is 3. The van der Waals surface area contributed by atoms with Crippen LogP contribution in [0.25, 0.3) is 0 Å². The summed E-state index contributed by atoms with van der Waals surface area (Å²) in [6, 6.07) is 10.5. The van der Waals surface area contributed by atoms with E-state index in [2.05, 4.69) is 62.7 Å². The molecular weight excluding hydrogens is 764 g/mol. The van der Waals surface area contributed by atoms with Crippen molar-refractivity contribution < 1.29 is 39.1 Å². The lowest BCUT2D eigenvalue weighted by Crippen LogP contribution is -2.60. The number of hydrogen-bond acceptors (Lipinski definition) is 9. The molecule has 0 spiro atoms. The number of benzene rings is 1. The van der Waals surface area contributed by atoms with Gasteiger partial charge in [-0.2, -0.15) is 0 Å². The van der Waals surface area contributed by atoms with Crippen LogP contribution in [0.3, 0.4) is 0 Å². The van der Waals surface area contributed by atoms with Crippen LogP contribution >= 0.6 is 7.26 Å². The van der Waals surface area contributed by atoms with E-state index < -0.39 is 61.0 Å². The highest BCUT2D eigenvalue weighted by atomic mass is 31.2. The van der Waals surface area contributed by atoms with E-state index in [4.69, 9.17) is 14.2 Å². The molecule has 11 atom stereocenters. The molecule has 1 aromatic rings. The van der Waals surface area contributed by atoms with E-state index in [0.29, 0.717) is 32.1 Å². The van der Waals surface area contributed by atoms with Gasteiger partial charge in [0.25, 0.3) is 0 Å². The number of esters is 1. The number of rotatable bonds is 17. The number of nitrogens with zero attached hydrogens (tertiary/aromatic N) is 2. The van der Waals surface area contributed by atoms with Crippen LogP contribution in [-0.4, -0.2) is 131 Å². The largest absolute Gasteiger partial charge is 0.459 e. The maximum atomic E-state index is 14.1. The van der Waals surface area contributed by atoms with Crippen LogP contribution in [0.15, 0.2) is 30.3 Å². The van der Waals surface area contributed by atoms with Gasteiger partial charge in [-0.1, -0.05) is 77.5 Å². The Morgan fingerprint density at radius 1 is 0.915 bits per heavy atom. The number of hydrogen-bond donors (Lipinski definition) is 3. The fourth-order valence-electron chi connectivity index (χ4n) is 9.39. The summed E-state index contributed by atoms with van der Waals surface area (Å²) in [5, 5.41) is 37.3. The van der Waals surface area contributed by atoms with Crippen molar-refractivity contribution in [2.75, 3.05) is 40.1 Å². The second-order valence-corrected chi connectivity index (χ2v) is 24.0. The molecule has 0 unspecified atom stereocenters. The van der Waals surface area contributed by atoms with Crippen molar-refractivity contribution in [2.45, 2.75) is 205 Å². The Labute approximate surface area is 359 Å². The standard InChI is InChI=1S/C48H86N2O8P/c1-12-41-48(7,55)45(52)38(5)50(43(51)27-23-18-16-14-13-15-17-19-24-30-59(10,11)40-25-21-20-22-26-40)34-35(2)33-47(6,54)42(29-28-36(3)46(53)58-41)57-44-32-39(49(8)9)31-37(4)56-44/h20-22,25-26,35-39,41-42,44-45,52,54-55H,12-19,23-24,27-34H2,1-11H3/q+1/t35-,36-,37-,38-,39+,41-,42-,44+,45-,47-,48-/m1/s1. The van der Waals surface area contributed by atoms with E-state index in [1.165, 1.54) is 50.5 Å². The summed E-state index contributed by atoms with van der Waals surface area (Å²) >= 11 is 0. The van der Waals surface area contributed by atoms with Gasteiger partial charge in [0.15, 0.2) is 6.29 Å². The van der Waals surface area contributed by atoms with Gasteiger partial charge < -0.3 is 39.3 Å². The van der Waals surface area contributed by atoms with Crippen molar-refractivity contribution in [1.29, 1.82) is 0 Å². The zero-order valence-corrected chi connectivity index (χ0v) is 39.9. The maximum absolute atomic E-state index is 14.1. The average molecular weight is 850 g/mol. The van der Waals surface area contributed by atoms with Crippen molar-refractivity contribution in [1.82, 2.24) is 9.80 Å². The third-order valence-electron chi connectivity index (χ3n) is 13.4. The Bertz CT molecular complexity index is 1380. The van der Waals surface area contributed by atoms with Gasteiger partial charge in [-0.15, -0.1) is 0 Å². The molecule has 59 heavy (non-hydrogen) atoms. The third kappa shape index (κ3) is 16.2. The molecule has 3 rings (SSSR count).